The molecule has 2 aromatic rings. The van der Waals surface area contributed by atoms with Gasteiger partial charge in [-0.15, -0.1) is 23.5 Å². The van der Waals surface area contributed by atoms with Crippen LogP contribution in [0.3, 0.4) is 0 Å². The molecule has 8 nitrogen and oxygen atoms in total. The standard InChI is InChI=1S/C12H14O3S.C9H10OS.CO2.Li.2H2O/c1-3-15-12(14)11(13)9-5-7-10(8-6-9)16-4-2;1-2-11-9-5-3-8(7-10)4-6-9;2-1-3;;;/h5-8H,3-4H2,1-2H3;3-7H,2H2,1H3;;;2*1H2/q;;;+1;;/p-1. The van der Waals surface area contributed by atoms with Gasteiger partial charge in [0.25, 0.3) is 5.78 Å². The van der Waals surface area contributed by atoms with Gasteiger partial charge in [0.2, 0.25) is 0 Å². The maximum Gasteiger partial charge on any atom is 1.00 e. The Balaban J connectivity index is -0.000000219. The van der Waals surface area contributed by atoms with Crippen molar-refractivity contribution in [1.82, 2.24) is 0 Å². The number of carbonyl (C=O) groups is 3. The largest absolute Gasteiger partial charge is 1.00 e. The molecule has 33 heavy (non-hydrogen) atoms. The Bertz CT molecular complexity index is 821. The number of Topliss-reactive ketones (excluding diaryl/α,β-unsaturated/α-hetero) is 1. The van der Waals surface area contributed by atoms with Crippen molar-refractivity contribution in [2.45, 2.75) is 30.6 Å². The van der Waals surface area contributed by atoms with Gasteiger partial charge in [-0.1, -0.05) is 26.0 Å². The van der Waals surface area contributed by atoms with Crippen LogP contribution in [0.1, 0.15) is 41.5 Å². The van der Waals surface area contributed by atoms with Gasteiger partial charge >= 0.3 is 31.0 Å². The molecule has 0 aliphatic rings. The van der Waals surface area contributed by atoms with Crippen LogP contribution in [-0.2, 0) is 19.1 Å². The number of ether oxygens (including phenoxy) is 1. The normalized spacial score (nSPS) is 8.21. The first-order chi connectivity index (χ1) is 14.5. The van der Waals surface area contributed by atoms with Crippen LogP contribution in [0.25, 0.3) is 0 Å². The average Bonchev–Trinajstić information content (AvgIpc) is 2.76. The number of thioether (sulfide) groups is 2. The maximum absolute atomic E-state index is 11.5. The summed E-state index contributed by atoms with van der Waals surface area (Å²) in [4.78, 5) is 51.5. The molecule has 3 N–H and O–H groups in total. The van der Waals surface area contributed by atoms with E-state index < -0.39 is 11.8 Å². The van der Waals surface area contributed by atoms with Gasteiger partial charge in [-0.05, 0) is 54.8 Å². The van der Waals surface area contributed by atoms with Crippen LogP contribution in [0.5, 0.6) is 0 Å². The summed E-state index contributed by atoms with van der Waals surface area (Å²) in [5.74, 6) is 0.666. The van der Waals surface area contributed by atoms with E-state index >= 15 is 0 Å². The van der Waals surface area contributed by atoms with E-state index in [1.165, 1.54) is 4.90 Å². The van der Waals surface area contributed by atoms with Crippen LogP contribution in [-0.4, -0.2) is 53.3 Å². The molecule has 0 aliphatic carbocycles. The molecular weight excluding hydrogens is 463 g/mol. The summed E-state index contributed by atoms with van der Waals surface area (Å²) in [6, 6.07) is 14.6. The van der Waals surface area contributed by atoms with Gasteiger partial charge in [-0.2, -0.15) is 9.59 Å². The monoisotopic (exact) mass is 490 g/mol. The predicted molar refractivity (Wildman–Crippen MR) is 123 cm³/mol. The van der Waals surface area contributed by atoms with E-state index in [1.807, 2.05) is 36.4 Å². The molecule has 0 bridgehead atoms. The summed E-state index contributed by atoms with van der Waals surface area (Å²) in [6.07, 6.45) is 1.11. The summed E-state index contributed by atoms with van der Waals surface area (Å²) in [5, 5.41) is 0. The molecule has 11 heteroatoms. The minimum atomic E-state index is -0.793. The number of hydrogen-bond donors (Lipinski definition) is 0. The topological polar surface area (TPSA) is 156 Å². The summed E-state index contributed by atoms with van der Waals surface area (Å²) in [5.41, 5.74) is 1.12. The van der Waals surface area contributed by atoms with E-state index in [0.717, 1.165) is 28.3 Å². The molecule has 0 atom stereocenters. The molecule has 0 saturated heterocycles. The second kappa shape index (κ2) is 24.5. The molecule has 0 radical (unpaired) electrons. The molecule has 0 aromatic heterocycles. The molecule has 0 amide bonds. The third-order valence-corrected chi connectivity index (χ3v) is 5.00. The summed E-state index contributed by atoms with van der Waals surface area (Å²) in [6.45, 7) is 6.06. The van der Waals surface area contributed by atoms with E-state index in [0.29, 0.717) is 5.56 Å². The summed E-state index contributed by atoms with van der Waals surface area (Å²) in [7, 11) is 0. The number of rotatable bonds is 8. The summed E-state index contributed by atoms with van der Waals surface area (Å²) >= 11 is 3.47. The van der Waals surface area contributed by atoms with Gasteiger partial charge in [-0.3, -0.25) is 9.59 Å². The molecule has 0 spiro atoms. The Morgan fingerprint density at radius 3 is 1.61 bits per heavy atom. The fourth-order valence-corrected chi connectivity index (χ4v) is 3.32. The first kappa shape index (κ1) is 38.1. The second-order valence-corrected chi connectivity index (χ2v) is 7.89. The van der Waals surface area contributed by atoms with E-state index in [-0.39, 0.29) is 42.6 Å². The SMILES string of the molecule is CCOC(=O)C(=O)c1ccc(SCC)cc1.CCSc1ccc(C=O)cc1.O.O=C=O.[Li+].[OH-]. The van der Waals surface area contributed by atoms with Crippen LogP contribution in [0.15, 0.2) is 58.3 Å². The molecule has 0 saturated carbocycles. The fraction of sp³-hybridized carbons (Fsp3) is 0.273. The van der Waals surface area contributed by atoms with Crippen molar-refractivity contribution in [2.24, 2.45) is 0 Å². The maximum atomic E-state index is 11.5. The fourth-order valence-electron chi connectivity index (χ4n) is 1.99. The second-order valence-electron chi connectivity index (χ2n) is 5.21. The van der Waals surface area contributed by atoms with Crippen molar-refractivity contribution in [3.63, 3.8) is 0 Å². The molecule has 0 heterocycles. The van der Waals surface area contributed by atoms with E-state index in [9.17, 15) is 14.4 Å². The van der Waals surface area contributed by atoms with E-state index in [2.05, 4.69) is 18.6 Å². The predicted octanol–water partition coefficient (Wildman–Crippen LogP) is 0.574. The quantitative estimate of drug-likeness (QED) is 0.129. The number of carbonyl (C=O) groups excluding carboxylic acids is 5. The van der Waals surface area contributed by atoms with Crippen LogP contribution in [0.2, 0.25) is 0 Å². The Hall–Kier alpha value is -2.15. The van der Waals surface area contributed by atoms with Crippen molar-refractivity contribution >= 4 is 47.7 Å². The van der Waals surface area contributed by atoms with Gasteiger partial charge in [0, 0.05) is 20.9 Å². The minimum Gasteiger partial charge on any atom is -0.870 e. The van der Waals surface area contributed by atoms with Crippen LogP contribution in [0.4, 0.5) is 0 Å². The smallest absolute Gasteiger partial charge is 0.870 e. The van der Waals surface area contributed by atoms with E-state index in [1.54, 1.807) is 42.6 Å². The zero-order valence-corrected chi connectivity index (χ0v) is 20.7. The van der Waals surface area contributed by atoms with Gasteiger partial charge in [-0.25, -0.2) is 4.79 Å². The Kier molecular flexibility index (Phi) is 28.3. The molecule has 176 valence electrons. The zero-order chi connectivity index (χ0) is 22.8. The first-order valence-corrected chi connectivity index (χ1v) is 11.1. The third-order valence-electron chi connectivity index (χ3n) is 3.22. The molecule has 0 unspecified atom stereocenters. The summed E-state index contributed by atoms with van der Waals surface area (Å²) < 4.78 is 4.64. The van der Waals surface area contributed by atoms with Crippen molar-refractivity contribution in [2.75, 3.05) is 18.1 Å². The van der Waals surface area contributed by atoms with Gasteiger partial charge in [0.05, 0.1) is 6.61 Å². The van der Waals surface area contributed by atoms with Crippen molar-refractivity contribution in [3.8, 4) is 0 Å². The Morgan fingerprint density at radius 2 is 1.27 bits per heavy atom. The van der Waals surface area contributed by atoms with Gasteiger partial charge < -0.3 is 15.7 Å². The molecule has 2 aromatic carbocycles. The van der Waals surface area contributed by atoms with Crippen molar-refractivity contribution in [3.05, 3.63) is 59.7 Å². The Labute approximate surface area is 214 Å². The number of esters is 1. The van der Waals surface area contributed by atoms with Gasteiger partial charge in [0.1, 0.15) is 6.29 Å². The number of hydrogen-bond acceptors (Lipinski definition) is 9. The third kappa shape index (κ3) is 17.0. The first-order valence-electron chi connectivity index (χ1n) is 9.08. The zero-order valence-electron chi connectivity index (χ0n) is 19.0. The van der Waals surface area contributed by atoms with Crippen molar-refractivity contribution < 1.29 is 58.5 Å². The average molecular weight is 491 g/mol. The minimum absolute atomic E-state index is 0. The van der Waals surface area contributed by atoms with Crippen LogP contribution < -0.4 is 18.9 Å². The molecule has 0 aliphatic heterocycles. The van der Waals surface area contributed by atoms with Crippen molar-refractivity contribution in [1.29, 1.82) is 0 Å². The van der Waals surface area contributed by atoms with E-state index in [4.69, 9.17) is 9.59 Å². The van der Waals surface area contributed by atoms with Crippen LogP contribution >= 0.6 is 23.5 Å². The number of aldehydes is 1. The van der Waals surface area contributed by atoms with Crippen LogP contribution in [0, 0.1) is 0 Å². The molecule has 0 fully saturated rings. The molecule has 2 rings (SSSR count). The Morgan fingerprint density at radius 1 is 0.879 bits per heavy atom. The number of benzene rings is 2. The van der Waals surface area contributed by atoms with Gasteiger partial charge in [0.15, 0.2) is 0 Å². The number of ketones is 1. The molecular formula is C22H27LiO8S2.